The normalized spacial score (nSPS) is 18.3. The summed E-state index contributed by atoms with van der Waals surface area (Å²) in [6.07, 6.45) is 2.79. The van der Waals surface area contributed by atoms with Gasteiger partial charge in [-0.2, -0.15) is 0 Å². The van der Waals surface area contributed by atoms with Crippen LogP contribution < -0.4 is 5.32 Å². The smallest absolute Gasteiger partial charge is 0.246 e. The van der Waals surface area contributed by atoms with Gasteiger partial charge < -0.3 is 10.1 Å². The van der Waals surface area contributed by atoms with Crippen LogP contribution in [0.3, 0.4) is 0 Å². The largest absolute Gasteiger partial charge is 0.369 e. The van der Waals surface area contributed by atoms with E-state index in [1.54, 1.807) is 0 Å². The van der Waals surface area contributed by atoms with Gasteiger partial charge in [-0.15, -0.1) is 0 Å². The van der Waals surface area contributed by atoms with Gasteiger partial charge in [0.15, 0.2) is 0 Å². The fraction of sp³-hybridized carbons (Fsp3) is 0.909. The van der Waals surface area contributed by atoms with Crippen molar-refractivity contribution in [2.45, 2.75) is 39.7 Å². The summed E-state index contributed by atoms with van der Waals surface area (Å²) < 4.78 is 5.20. The van der Waals surface area contributed by atoms with Crippen LogP contribution in [0.25, 0.3) is 0 Å². The van der Waals surface area contributed by atoms with Gasteiger partial charge in [-0.3, -0.25) is 4.79 Å². The van der Waals surface area contributed by atoms with Crippen molar-refractivity contribution in [3.8, 4) is 0 Å². The van der Waals surface area contributed by atoms with Gasteiger partial charge in [-0.1, -0.05) is 6.92 Å². The number of hydrogen-bond acceptors (Lipinski definition) is 2. The van der Waals surface area contributed by atoms with E-state index in [0.717, 1.165) is 12.5 Å². The van der Waals surface area contributed by atoms with Gasteiger partial charge in [-0.25, -0.2) is 0 Å². The van der Waals surface area contributed by atoms with Crippen molar-refractivity contribution in [3.63, 3.8) is 0 Å². The molecule has 1 atom stereocenters. The molecule has 0 aromatic carbocycles. The highest BCUT2D eigenvalue weighted by Gasteiger charge is 2.27. The molecule has 0 aromatic heterocycles. The van der Waals surface area contributed by atoms with E-state index >= 15 is 0 Å². The predicted octanol–water partition coefficient (Wildman–Crippen LogP) is 1.57. The molecule has 1 aliphatic rings. The summed E-state index contributed by atoms with van der Waals surface area (Å²) in [5.41, 5.74) is 0. The lowest BCUT2D eigenvalue weighted by molar-refractivity contribution is -0.127. The van der Waals surface area contributed by atoms with Crippen LogP contribution >= 0.6 is 0 Å². The molecule has 1 rings (SSSR count). The van der Waals surface area contributed by atoms with Crippen molar-refractivity contribution in [2.24, 2.45) is 11.8 Å². The molecule has 0 radical (unpaired) electrons. The third-order valence-electron chi connectivity index (χ3n) is 2.60. The highest BCUT2D eigenvalue weighted by atomic mass is 16.5. The van der Waals surface area contributed by atoms with Gasteiger partial charge in [0.1, 0.15) is 6.61 Å². The van der Waals surface area contributed by atoms with E-state index in [4.69, 9.17) is 4.74 Å². The van der Waals surface area contributed by atoms with Crippen molar-refractivity contribution in [3.05, 3.63) is 0 Å². The van der Waals surface area contributed by atoms with Crippen LogP contribution in [0.5, 0.6) is 0 Å². The maximum atomic E-state index is 11.3. The fourth-order valence-corrected chi connectivity index (χ4v) is 1.40. The molecule has 1 saturated carbocycles. The molecule has 1 aliphatic carbocycles. The summed E-state index contributed by atoms with van der Waals surface area (Å²) in [5, 5.41) is 2.90. The molecule has 0 aromatic rings. The van der Waals surface area contributed by atoms with Crippen molar-refractivity contribution < 1.29 is 9.53 Å². The van der Waals surface area contributed by atoms with E-state index in [0.29, 0.717) is 5.92 Å². The van der Waals surface area contributed by atoms with E-state index in [2.05, 4.69) is 12.2 Å². The highest BCUT2D eigenvalue weighted by molar-refractivity contribution is 5.77. The van der Waals surface area contributed by atoms with Crippen LogP contribution in [0, 0.1) is 11.8 Å². The highest BCUT2D eigenvalue weighted by Crippen LogP contribution is 2.35. The molecule has 0 saturated heterocycles. The number of amides is 1. The van der Waals surface area contributed by atoms with Crippen LogP contribution in [0.4, 0.5) is 0 Å². The molecule has 0 heterocycles. The first-order valence-electron chi connectivity index (χ1n) is 5.48. The molecule has 1 N–H and O–H groups in total. The number of rotatable bonds is 6. The van der Waals surface area contributed by atoms with Crippen LogP contribution in [-0.2, 0) is 9.53 Å². The maximum absolute atomic E-state index is 11.3. The van der Waals surface area contributed by atoms with Crippen molar-refractivity contribution >= 4 is 5.91 Å². The Hall–Kier alpha value is -0.570. The third kappa shape index (κ3) is 4.61. The van der Waals surface area contributed by atoms with E-state index < -0.39 is 0 Å². The zero-order valence-corrected chi connectivity index (χ0v) is 9.38. The monoisotopic (exact) mass is 199 g/mol. The minimum Gasteiger partial charge on any atom is -0.369 e. The molecular weight excluding hydrogens is 178 g/mol. The molecule has 14 heavy (non-hydrogen) atoms. The zero-order valence-electron chi connectivity index (χ0n) is 9.38. The first-order valence-corrected chi connectivity index (χ1v) is 5.48. The SMILES string of the molecule is CC(C)OCC(=O)NCC(C)C1CC1. The predicted molar refractivity (Wildman–Crippen MR) is 56.0 cm³/mol. The van der Waals surface area contributed by atoms with Crippen LogP contribution in [0.15, 0.2) is 0 Å². The van der Waals surface area contributed by atoms with E-state index in [1.807, 2.05) is 13.8 Å². The topological polar surface area (TPSA) is 38.3 Å². The summed E-state index contributed by atoms with van der Waals surface area (Å²) in [6, 6.07) is 0. The minimum atomic E-state index is 0.00574. The van der Waals surface area contributed by atoms with Crippen molar-refractivity contribution in [1.82, 2.24) is 5.32 Å². The van der Waals surface area contributed by atoms with E-state index in [1.165, 1.54) is 12.8 Å². The summed E-state index contributed by atoms with van der Waals surface area (Å²) in [7, 11) is 0. The quantitative estimate of drug-likeness (QED) is 0.705. The molecule has 0 bridgehead atoms. The second-order valence-corrected chi connectivity index (χ2v) is 4.48. The number of ether oxygens (including phenoxy) is 1. The average Bonchev–Trinajstić information content (AvgIpc) is 2.93. The van der Waals surface area contributed by atoms with Gasteiger partial charge >= 0.3 is 0 Å². The lowest BCUT2D eigenvalue weighted by Gasteiger charge is -2.12. The molecule has 0 spiro atoms. The lowest BCUT2D eigenvalue weighted by atomic mass is 10.1. The number of nitrogens with one attached hydrogen (secondary N) is 1. The molecule has 1 unspecified atom stereocenters. The summed E-state index contributed by atoms with van der Waals surface area (Å²) >= 11 is 0. The Morgan fingerprint density at radius 3 is 2.57 bits per heavy atom. The zero-order chi connectivity index (χ0) is 10.6. The van der Waals surface area contributed by atoms with Crippen LogP contribution in [0.1, 0.15) is 33.6 Å². The Labute approximate surface area is 86.2 Å². The molecule has 82 valence electrons. The van der Waals surface area contributed by atoms with E-state index in [9.17, 15) is 4.79 Å². The molecule has 1 fully saturated rings. The molecule has 1 amide bonds. The Morgan fingerprint density at radius 1 is 1.43 bits per heavy atom. The first kappa shape index (κ1) is 11.5. The summed E-state index contributed by atoms with van der Waals surface area (Å²) in [4.78, 5) is 11.3. The second kappa shape index (κ2) is 5.35. The van der Waals surface area contributed by atoms with Gasteiger partial charge in [0, 0.05) is 6.54 Å². The summed E-state index contributed by atoms with van der Waals surface area (Å²) in [5.74, 6) is 1.48. The van der Waals surface area contributed by atoms with Crippen LogP contribution in [-0.4, -0.2) is 25.2 Å². The van der Waals surface area contributed by atoms with Gasteiger partial charge in [0.05, 0.1) is 6.10 Å². The number of carbonyl (C=O) groups is 1. The van der Waals surface area contributed by atoms with Gasteiger partial charge in [-0.05, 0) is 38.5 Å². The lowest BCUT2D eigenvalue weighted by Crippen LogP contribution is -2.32. The van der Waals surface area contributed by atoms with E-state index in [-0.39, 0.29) is 18.6 Å². The van der Waals surface area contributed by atoms with Gasteiger partial charge in [0.2, 0.25) is 5.91 Å². The average molecular weight is 199 g/mol. The van der Waals surface area contributed by atoms with Crippen molar-refractivity contribution in [2.75, 3.05) is 13.2 Å². The minimum absolute atomic E-state index is 0.00574. The Morgan fingerprint density at radius 2 is 2.07 bits per heavy atom. The molecular formula is C11H21NO2. The number of hydrogen-bond donors (Lipinski definition) is 1. The maximum Gasteiger partial charge on any atom is 0.246 e. The fourth-order valence-electron chi connectivity index (χ4n) is 1.40. The Balaban J connectivity index is 2.02. The number of carbonyl (C=O) groups excluding carboxylic acids is 1. The summed E-state index contributed by atoms with van der Waals surface area (Å²) in [6.45, 7) is 7.04. The molecule has 3 nitrogen and oxygen atoms in total. The van der Waals surface area contributed by atoms with Crippen LogP contribution in [0.2, 0.25) is 0 Å². The molecule has 3 heteroatoms. The van der Waals surface area contributed by atoms with Crippen molar-refractivity contribution in [1.29, 1.82) is 0 Å². The second-order valence-electron chi connectivity index (χ2n) is 4.48. The Kier molecular flexibility index (Phi) is 4.39. The Bertz CT molecular complexity index is 188. The standard InChI is InChI=1S/C11H21NO2/c1-8(2)14-7-11(13)12-6-9(3)10-4-5-10/h8-10H,4-7H2,1-3H3,(H,12,13). The van der Waals surface area contributed by atoms with Gasteiger partial charge in [0.25, 0.3) is 0 Å². The third-order valence-corrected chi connectivity index (χ3v) is 2.60. The first-order chi connectivity index (χ1) is 6.59. The molecule has 0 aliphatic heterocycles.